The van der Waals surface area contributed by atoms with Gasteiger partial charge in [-0.1, -0.05) is 13.0 Å². The van der Waals surface area contributed by atoms with Crippen LogP contribution in [-0.4, -0.2) is 12.3 Å². The number of ketones is 1. The molecule has 3 N–H and O–H groups in total. The molecular formula is C6H12N2O. The van der Waals surface area contributed by atoms with Crippen molar-refractivity contribution in [2.75, 3.05) is 6.54 Å². The predicted octanol–water partition coefficient (Wildman–Crippen LogP) is -0.0150. The smallest absolute Gasteiger partial charge is 0.170 e. The molecule has 0 aromatic rings. The SMILES string of the molecule is CC/C=C\C(=O)CNN. The molecule has 3 heteroatoms. The average molecular weight is 128 g/mol. The molecule has 0 unspecified atom stereocenters. The normalized spacial score (nSPS) is 10.4. The Labute approximate surface area is 54.9 Å². The second-order valence-corrected chi connectivity index (χ2v) is 1.66. The molecule has 0 aromatic carbocycles. The van der Waals surface area contributed by atoms with Crippen LogP contribution in [0, 0.1) is 0 Å². The molecule has 0 spiro atoms. The Bertz CT molecular complexity index is 110. The monoisotopic (exact) mass is 128 g/mol. The van der Waals surface area contributed by atoms with Crippen molar-refractivity contribution in [1.29, 1.82) is 0 Å². The van der Waals surface area contributed by atoms with Gasteiger partial charge in [0.05, 0.1) is 6.54 Å². The summed E-state index contributed by atoms with van der Waals surface area (Å²) in [5.41, 5.74) is 2.28. The van der Waals surface area contributed by atoms with E-state index in [-0.39, 0.29) is 12.3 Å². The fourth-order valence-corrected chi connectivity index (χ4v) is 0.409. The molecule has 0 fully saturated rings. The molecule has 3 nitrogen and oxygen atoms in total. The molecule has 0 rings (SSSR count). The minimum absolute atomic E-state index is 0.0133. The van der Waals surface area contributed by atoms with E-state index in [2.05, 4.69) is 5.43 Å². The predicted molar refractivity (Wildman–Crippen MR) is 36.6 cm³/mol. The van der Waals surface area contributed by atoms with Gasteiger partial charge < -0.3 is 0 Å². The number of rotatable bonds is 4. The molecule has 0 bridgehead atoms. The van der Waals surface area contributed by atoms with E-state index in [1.54, 1.807) is 6.08 Å². The van der Waals surface area contributed by atoms with Gasteiger partial charge in [-0.15, -0.1) is 0 Å². The lowest BCUT2D eigenvalue weighted by atomic mass is 10.3. The minimum atomic E-state index is 0.0133. The number of carbonyl (C=O) groups is 1. The van der Waals surface area contributed by atoms with Crippen LogP contribution in [-0.2, 0) is 4.79 Å². The maximum absolute atomic E-state index is 10.6. The number of nitrogens with two attached hydrogens (primary N) is 1. The highest BCUT2D eigenvalue weighted by Crippen LogP contribution is 1.79. The molecule has 0 aliphatic heterocycles. The highest BCUT2D eigenvalue weighted by Gasteiger charge is 1.89. The van der Waals surface area contributed by atoms with E-state index in [9.17, 15) is 4.79 Å². The van der Waals surface area contributed by atoms with Gasteiger partial charge >= 0.3 is 0 Å². The number of allylic oxidation sites excluding steroid dienone is 1. The average Bonchev–Trinajstić information content (AvgIpc) is 1.85. The van der Waals surface area contributed by atoms with Crippen LogP contribution in [0.3, 0.4) is 0 Å². The van der Waals surface area contributed by atoms with E-state index < -0.39 is 0 Å². The summed E-state index contributed by atoms with van der Waals surface area (Å²) in [6.45, 7) is 2.19. The van der Waals surface area contributed by atoms with Crippen molar-refractivity contribution in [2.24, 2.45) is 5.84 Å². The number of hydrazine groups is 1. The van der Waals surface area contributed by atoms with Gasteiger partial charge in [-0.2, -0.15) is 0 Å². The lowest BCUT2D eigenvalue weighted by Gasteiger charge is -1.89. The number of nitrogens with one attached hydrogen (secondary N) is 1. The molecule has 0 aliphatic carbocycles. The van der Waals surface area contributed by atoms with Crippen LogP contribution in [0.15, 0.2) is 12.2 Å². The summed E-state index contributed by atoms with van der Waals surface area (Å²) in [5.74, 6) is 4.91. The topological polar surface area (TPSA) is 55.1 Å². The summed E-state index contributed by atoms with van der Waals surface area (Å²) in [6, 6.07) is 0. The maximum atomic E-state index is 10.6. The first-order valence-corrected chi connectivity index (χ1v) is 2.94. The van der Waals surface area contributed by atoms with Crippen LogP contribution in [0.2, 0.25) is 0 Å². The molecule has 0 heterocycles. The molecule has 0 amide bonds. The molecule has 52 valence electrons. The zero-order valence-electron chi connectivity index (χ0n) is 5.55. The van der Waals surface area contributed by atoms with Gasteiger partial charge in [0.2, 0.25) is 0 Å². The zero-order chi connectivity index (χ0) is 7.11. The number of carbonyl (C=O) groups excluding carboxylic acids is 1. The maximum Gasteiger partial charge on any atom is 0.170 e. The van der Waals surface area contributed by atoms with Crippen molar-refractivity contribution in [3.05, 3.63) is 12.2 Å². The van der Waals surface area contributed by atoms with Crippen molar-refractivity contribution in [1.82, 2.24) is 5.43 Å². The van der Waals surface area contributed by atoms with Crippen LogP contribution < -0.4 is 11.3 Å². The van der Waals surface area contributed by atoms with Crippen molar-refractivity contribution in [3.8, 4) is 0 Å². The van der Waals surface area contributed by atoms with Crippen LogP contribution in [0.1, 0.15) is 13.3 Å². The summed E-state index contributed by atoms with van der Waals surface area (Å²) in [7, 11) is 0. The van der Waals surface area contributed by atoms with Gasteiger partial charge in [0.25, 0.3) is 0 Å². The third-order valence-electron chi connectivity index (χ3n) is 0.816. The first kappa shape index (κ1) is 8.33. The van der Waals surface area contributed by atoms with Gasteiger partial charge in [0.1, 0.15) is 0 Å². The molecule has 0 aliphatic rings. The lowest BCUT2D eigenvalue weighted by molar-refractivity contribution is -0.113. The number of hydrogen-bond donors (Lipinski definition) is 2. The van der Waals surface area contributed by atoms with Gasteiger partial charge in [-0.05, 0) is 12.5 Å². The Balaban J connectivity index is 3.37. The number of hydrogen-bond acceptors (Lipinski definition) is 3. The second kappa shape index (κ2) is 5.47. The summed E-state index contributed by atoms with van der Waals surface area (Å²) < 4.78 is 0. The molecule has 0 atom stereocenters. The van der Waals surface area contributed by atoms with Gasteiger partial charge in [-0.25, -0.2) is 0 Å². The van der Waals surface area contributed by atoms with Crippen LogP contribution >= 0.6 is 0 Å². The van der Waals surface area contributed by atoms with Crippen molar-refractivity contribution >= 4 is 5.78 Å². The van der Waals surface area contributed by atoms with E-state index in [4.69, 9.17) is 5.84 Å². The molecule has 0 aromatic heterocycles. The summed E-state index contributed by atoms with van der Waals surface area (Å²) >= 11 is 0. The Hall–Kier alpha value is -0.670. The minimum Gasteiger partial charge on any atom is -0.293 e. The van der Waals surface area contributed by atoms with E-state index in [0.29, 0.717) is 0 Å². The molecule has 0 radical (unpaired) electrons. The van der Waals surface area contributed by atoms with E-state index in [0.717, 1.165) is 6.42 Å². The summed E-state index contributed by atoms with van der Waals surface area (Å²) in [5, 5.41) is 0. The molecule has 0 saturated heterocycles. The van der Waals surface area contributed by atoms with Crippen molar-refractivity contribution in [2.45, 2.75) is 13.3 Å². The molecule has 9 heavy (non-hydrogen) atoms. The van der Waals surface area contributed by atoms with Gasteiger partial charge in [0.15, 0.2) is 5.78 Å². The second-order valence-electron chi connectivity index (χ2n) is 1.66. The van der Waals surface area contributed by atoms with Crippen molar-refractivity contribution in [3.63, 3.8) is 0 Å². The van der Waals surface area contributed by atoms with Gasteiger partial charge in [-0.3, -0.25) is 16.1 Å². The first-order valence-electron chi connectivity index (χ1n) is 2.94. The summed E-state index contributed by atoms with van der Waals surface area (Å²) in [4.78, 5) is 10.6. The highest BCUT2D eigenvalue weighted by molar-refractivity contribution is 5.91. The third-order valence-corrected chi connectivity index (χ3v) is 0.816. The van der Waals surface area contributed by atoms with Crippen LogP contribution in [0.5, 0.6) is 0 Å². The highest BCUT2D eigenvalue weighted by atomic mass is 16.1. The van der Waals surface area contributed by atoms with E-state index in [1.807, 2.05) is 6.92 Å². The fraction of sp³-hybridized carbons (Fsp3) is 0.500. The zero-order valence-corrected chi connectivity index (χ0v) is 5.55. The third kappa shape index (κ3) is 5.20. The first-order chi connectivity index (χ1) is 4.31. The molecule has 0 saturated carbocycles. The quantitative estimate of drug-likeness (QED) is 0.318. The van der Waals surface area contributed by atoms with Crippen LogP contribution in [0.4, 0.5) is 0 Å². The van der Waals surface area contributed by atoms with E-state index in [1.165, 1.54) is 6.08 Å². The molecular weight excluding hydrogens is 116 g/mol. The Kier molecular flexibility index (Phi) is 5.06. The van der Waals surface area contributed by atoms with Gasteiger partial charge in [0, 0.05) is 0 Å². The fourth-order valence-electron chi connectivity index (χ4n) is 0.409. The largest absolute Gasteiger partial charge is 0.293 e. The Morgan fingerprint density at radius 2 is 2.44 bits per heavy atom. The Morgan fingerprint density at radius 3 is 2.89 bits per heavy atom. The lowest BCUT2D eigenvalue weighted by Crippen LogP contribution is -2.27. The van der Waals surface area contributed by atoms with Crippen molar-refractivity contribution < 1.29 is 4.79 Å². The Morgan fingerprint density at radius 1 is 1.78 bits per heavy atom. The standard InChI is InChI=1S/C6H12N2O/c1-2-3-4-6(9)5-8-7/h3-4,8H,2,5,7H2,1H3/b4-3-. The summed E-state index contributed by atoms with van der Waals surface area (Å²) in [6.07, 6.45) is 4.22. The van der Waals surface area contributed by atoms with Crippen LogP contribution in [0.25, 0.3) is 0 Å². The van der Waals surface area contributed by atoms with E-state index >= 15 is 0 Å².